The minimum Gasteiger partial charge on any atom is -0.508 e. The number of hydrogen-bond donors (Lipinski definition) is 9. The zero-order valence-electron chi connectivity index (χ0n) is 23.1. The van der Waals surface area contributed by atoms with Gasteiger partial charge in [0.15, 0.2) is 0 Å². The van der Waals surface area contributed by atoms with Crippen molar-refractivity contribution < 1.29 is 34.5 Å². The van der Waals surface area contributed by atoms with Crippen LogP contribution in [-0.4, -0.2) is 81.3 Å². The number of aromatic nitrogens is 1. The largest absolute Gasteiger partial charge is 0.508 e. The fraction of sp³-hybridized carbons (Fsp3) is 0.379. The van der Waals surface area contributed by atoms with Crippen molar-refractivity contribution in [2.75, 3.05) is 13.2 Å². The highest BCUT2D eigenvalue weighted by Gasteiger charge is 2.31. The number of unbranched alkanes of at least 4 members (excludes halogenated alkanes) is 1. The van der Waals surface area contributed by atoms with Crippen molar-refractivity contribution in [3.63, 3.8) is 0 Å². The van der Waals surface area contributed by atoms with Gasteiger partial charge >= 0.3 is 5.97 Å². The van der Waals surface area contributed by atoms with Crippen LogP contribution in [0.3, 0.4) is 0 Å². The van der Waals surface area contributed by atoms with Gasteiger partial charge in [-0.05, 0) is 48.7 Å². The number of carbonyl (C=O) groups is 4. The van der Waals surface area contributed by atoms with E-state index in [0.29, 0.717) is 36.9 Å². The summed E-state index contributed by atoms with van der Waals surface area (Å²) in [6.45, 7) is -0.305. The molecule has 0 bridgehead atoms. The number of para-hydroxylation sites is 1. The van der Waals surface area contributed by atoms with Gasteiger partial charge in [-0.15, -0.1) is 0 Å². The molecule has 226 valence electrons. The molecule has 0 aliphatic heterocycles. The molecule has 2 aromatic carbocycles. The van der Waals surface area contributed by atoms with Gasteiger partial charge in [0.25, 0.3) is 0 Å². The molecule has 3 rings (SSSR count). The average molecular weight is 583 g/mol. The molecule has 0 radical (unpaired) electrons. The van der Waals surface area contributed by atoms with Gasteiger partial charge in [-0.2, -0.15) is 0 Å². The van der Waals surface area contributed by atoms with Gasteiger partial charge in [-0.25, -0.2) is 4.79 Å². The Morgan fingerprint density at radius 1 is 0.833 bits per heavy atom. The molecular formula is C29H38N6O7. The molecule has 4 atom stereocenters. The summed E-state index contributed by atoms with van der Waals surface area (Å²) in [4.78, 5) is 54.3. The van der Waals surface area contributed by atoms with Gasteiger partial charge in [-0.3, -0.25) is 14.4 Å². The Hall–Kier alpha value is -4.46. The first kappa shape index (κ1) is 32.1. The molecule has 0 aliphatic rings. The van der Waals surface area contributed by atoms with Crippen LogP contribution in [0.1, 0.15) is 30.4 Å². The number of aromatic hydroxyl groups is 1. The first-order valence-corrected chi connectivity index (χ1v) is 13.7. The standard InChI is InChI=1S/C29H38N6O7/c30-12-4-3-6-21(31)26(38)35-25(16-36)28(40)33-23(14-18-15-32-22-7-2-1-5-20(18)22)27(39)34-24(29(41)42)13-17-8-10-19(37)11-9-17/h1-2,5,7-11,15,21,23-25,32,36-37H,3-4,6,12-14,16,30-31H2,(H,33,40)(H,34,39)(H,35,38)(H,41,42). The maximum Gasteiger partial charge on any atom is 0.326 e. The predicted octanol–water partition coefficient (Wildman–Crippen LogP) is -0.354. The number of H-pyrrole nitrogens is 1. The van der Waals surface area contributed by atoms with E-state index in [4.69, 9.17) is 11.5 Å². The predicted molar refractivity (Wildman–Crippen MR) is 155 cm³/mol. The summed E-state index contributed by atoms with van der Waals surface area (Å²) in [5.41, 5.74) is 13.4. The number of aliphatic carboxylic acids is 1. The Balaban J connectivity index is 1.79. The quantitative estimate of drug-likeness (QED) is 0.100. The van der Waals surface area contributed by atoms with Crippen molar-refractivity contribution in [1.29, 1.82) is 0 Å². The lowest BCUT2D eigenvalue weighted by Crippen LogP contribution is -2.58. The van der Waals surface area contributed by atoms with Crippen LogP contribution >= 0.6 is 0 Å². The van der Waals surface area contributed by atoms with Gasteiger partial charge < -0.3 is 47.7 Å². The number of carboxylic acid groups (broad SMARTS) is 1. The third kappa shape index (κ3) is 9.03. The highest BCUT2D eigenvalue weighted by molar-refractivity contribution is 5.95. The molecule has 4 unspecified atom stereocenters. The molecule has 0 fully saturated rings. The summed E-state index contributed by atoms with van der Waals surface area (Å²) in [6, 6.07) is 8.31. The lowest BCUT2D eigenvalue weighted by atomic mass is 10.0. The zero-order valence-corrected chi connectivity index (χ0v) is 23.1. The fourth-order valence-electron chi connectivity index (χ4n) is 4.45. The van der Waals surface area contributed by atoms with Crippen LogP contribution in [0, 0.1) is 0 Å². The summed E-state index contributed by atoms with van der Waals surface area (Å²) in [5, 5.41) is 37.4. The molecule has 1 heterocycles. The number of nitrogens with one attached hydrogen (secondary N) is 4. The van der Waals surface area contributed by atoms with Crippen LogP contribution in [-0.2, 0) is 32.0 Å². The fourth-order valence-corrected chi connectivity index (χ4v) is 4.45. The molecule has 0 saturated carbocycles. The van der Waals surface area contributed by atoms with E-state index in [1.54, 1.807) is 6.20 Å². The van der Waals surface area contributed by atoms with Crippen LogP contribution in [0.2, 0.25) is 0 Å². The molecule has 3 amide bonds. The molecule has 0 spiro atoms. The maximum atomic E-state index is 13.5. The molecule has 13 nitrogen and oxygen atoms in total. The van der Waals surface area contributed by atoms with Crippen molar-refractivity contribution in [2.24, 2.45) is 11.5 Å². The van der Waals surface area contributed by atoms with Gasteiger partial charge in [0.05, 0.1) is 12.6 Å². The van der Waals surface area contributed by atoms with E-state index < -0.39 is 54.5 Å². The van der Waals surface area contributed by atoms with Gasteiger partial charge in [0, 0.05) is 29.9 Å². The average Bonchev–Trinajstić information content (AvgIpc) is 3.38. The number of amides is 3. The summed E-state index contributed by atoms with van der Waals surface area (Å²) in [7, 11) is 0. The van der Waals surface area contributed by atoms with Crippen molar-refractivity contribution in [1.82, 2.24) is 20.9 Å². The summed E-state index contributed by atoms with van der Waals surface area (Å²) in [6.07, 6.45) is 3.23. The number of carboxylic acids is 1. The van der Waals surface area contributed by atoms with E-state index >= 15 is 0 Å². The maximum absolute atomic E-state index is 13.5. The van der Waals surface area contributed by atoms with E-state index in [2.05, 4.69) is 20.9 Å². The second-order valence-corrected chi connectivity index (χ2v) is 10.0. The highest BCUT2D eigenvalue weighted by Crippen LogP contribution is 2.19. The molecule has 3 aromatic rings. The lowest BCUT2D eigenvalue weighted by molar-refractivity contribution is -0.142. The number of carbonyl (C=O) groups excluding carboxylic acids is 3. The van der Waals surface area contributed by atoms with Gasteiger partial charge in [0.1, 0.15) is 23.9 Å². The normalized spacial score (nSPS) is 14.0. The third-order valence-electron chi connectivity index (χ3n) is 6.84. The number of aliphatic hydroxyl groups excluding tert-OH is 1. The van der Waals surface area contributed by atoms with Crippen LogP contribution in [0.5, 0.6) is 5.75 Å². The zero-order chi connectivity index (χ0) is 30.6. The SMILES string of the molecule is NCCCCC(N)C(=O)NC(CO)C(=O)NC(Cc1c[nH]c2ccccc12)C(=O)NC(Cc1ccc(O)cc1)C(=O)O. The number of rotatable bonds is 16. The number of aromatic amines is 1. The van der Waals surface area contributed by atoms with Crippen molar-refractivity contribution in [2.45, 2.75) is 56.3 Å². The Labute approximate surface area is 242 Å². The van der Waals surface area contributed by atoms with Gasteiger partial charge in [-0.1, -0.05) is 36.8 Å². The number of aliphatic hydroxyl groups is 1. The Kier molecular flexibility index (Phi) is 11.8. The van der Waals surface area contributed by atoms with Crippen LogP contribution < -0.4 is 27.4 Å². The lowest BCUT2D eigenvalue weighted by Gasteiger charge is -2.24. The van der Waals surface area contributed by atoms with Crippen LogP contribution in [0.25, 0.3) is 10.9 Å². The molecule has 1 aromatic heterocycles. The second kappa shape index (κ2) is 15.5. The first-order chi connectivity index (χ1) is 20.1. The minimum atomic E-state index is -1.40. The molecular weight excluding hydrogens is 544 g/mol. The number of phenols is 1. The third-order valence-corrected chi connectivity index (χ3v) is 6.84. The van der Waals surface area contributed by atoms with E-state index in [0.717, 1.165) is 10.9 Å². The van der Waals surface area contributed by atoms with Crippen LogP contribution in [0.15, 0.2) is 54.7 Å². The molecule has 11 N–H and O–H groups in total. The Bertz CT molecular complexity index is 1360. The minimum absolute atomic E-state index is 0.0122. The highest BCUT2D eigenvalue weighted by atomic mass is 16.4. The van der Waals surface area contributed by atoms with Crippen molar-refractivity contribution in [3.8, 4) is 5.75 Å². The van der Waals surface area contributed by atoms with Crippen LogP contribution in [0.4, 0.5) is 0 Å². The molecule has 0 saturated heterocycles. The summed E-state index contributed by atoms with van der Waals surface area (Å²) < 4.78 is 0. The monoisotopic (exact) mass is 582 g/mol. The van der Waals surface area contributed by atoms with Crippen molar-refractivity contribution >= 4 is 34.6 Å². The first-order valence-electron chi connectivity index (χ1n) is 13.7. The van der Waals surface area contributed by atoms with E-state index in [9.17, 15) is 34.5 Å². The van der Waals surface area contributed by atoms with Gasteiger partial charge in [0.2, 0.25) is 17.7 Å². The summed E-state index contributed by atoms with van der Waals surface area (Å²) >= 11 is 0. The van der Waals surface area contributed by atoms with Crippen molar-refractivity contribution in [3.05, 3.63) is 65.9 Å². The number of hydrogen-bond acceptors (Lipinski definition) is 8. The van der Waals surface area contributed by atoms with E-state index in [1.165, 1.54) is 24.3 Å². The number of benzene rings is 2. The second-order valence-electron chi connectivity index (χ2n) is 10.0. The van der Waals surface area contributed by atoms with E-state index in [1.807, 2.05) is 24.3 Å². The Morgan fingerprint density at radius 2 is 1.48 bits per heavy atom. The number of nitrogens with two attached hydrogens (primary N) is 2. The molecule has 0 aliphatic carbocycles. The molecule has 42 heavy (non-hydrogen) atoms. The number of fused-ring (bicyclic) bond motifs is 1. The van der Waals surface area contributed by atoms with E-state index in [-0.39, 0.29) is 18.6 Å². The summed E-state index contributed by atoms with van der Waals surface area (Å²) in [5.74, 6) is -3.54. The Morgan fingerprint density at radius 3 is 2.14 bits per heavy atom. The number of phenolic OH excluding ortho intramolecular Hbond substituents is 1. The molecule has 13 heteroatoms. The topological polar surface area (TPSA) is 233 Å². The smallest absolute Gasteiger partial charge is 0.326 e.